The summed E-state index contributed by atoms with van der Waals surface area (Å²) in [5.41, 5.74) is -0.656. The van der Waals surface area contributed by atoms with Crippen LogP contribution in [0.15, 0.2) is 22.7 Å². The van der Waals surface area contributed by atoms with Crippen LogP contribution < -0.4 is 4.74 Å². The minimum absolute atomic E-state index is 0.0482. The fraction of sp³-hybridized carbons (Fsp3) is 0.526. The molecule has 0 radical (unpaired) electrons. The number of benzene rings is 1. The molecule has 10 heteroatoms. The van der Waals surface area contributed by atoms with Crippen molar-refractivity contribution >= 4 is 33.8 Å². The molecule has 1 aromatic rings. The predicted octanol–water partition coefficient (Wildman–Crippen LogP) is 4.18. The van der Waals surface area contributed by atoms with Crippen LogP contribution in [0.1, 0.15) is 44.0 Å². The number of ether oxygens (including phenoxy) is 3. The molecule has 160 valence electrons. The first kappa shape index (κ1) is 23.1. The van der Waals surface area contributed by atoms with E-state index in [1.807, 2.05) is 0 Å². The molecule has 1 heterocycles. The van der Waals surface area contributed by atoms with Gasteiger partial charge in [0.1, 0.15) is 17.4 Å². The Morgan fingerprint density at radius 2 is 1.97 bits per heavy atom. The van der Waals surface area contributed by atoms with Crippen LogP contribution in [0.4, 0.5) is 13.6 Å². The summed E-state index contributed by atoms with van der Waals surface area (Å²) < 4.78 is 39.8. The lowest BCUT2D eigenvalue weighted by Gasteiger charge is -2.27. The fourth-order valence-corrected chi connectivity index (χ4v) is 3.07. The third-order valence-corrected chi connectivity index (χ3v) is 4.62. The van der Waals surface area contributed by atoms with Gasteiger partial charge in [-0.25, -0.2) is 9.59 Å². The SMILES string of the molecule is CC(C)(C)OC(=O)N1CCC[C@H]1C(=O)OCC(=O)c1ccc(Br)c(OC(F)F)c1. The number of alkyl halides is 2. The molecule has 0 aliphatic carbocycles. The molecule has 1 aliphatic heterocycles. The van der Waals surface area contributed by atoms with Crippen molar-refractivity contribution in [2.75, 3.05) is 13.2 Å². The van der Waals surface area contributed by atoms with Gasteiger partial charge in [-0.2, -0.15) is 8.78 Å². The number of carbonyl (C=O) groups excluding carboxylic acids is 3. The van der Waals surface area contributed by atoms with Crippen LogP contribution >= 0.6 is 15.9 Å². The molecule has 1 saturated heterocycles. The second-order valence-corrected chi connectivity index (χ2v) is 8.24. The smallest absolute Gasteiger partial charge is 0.411 e. The van der Waals surface area contributed by atoms with Crippen molar-refractivity contribution in [3.05, 3.63) is 28.2 Å². The lowest BCUT2D eigenvalue weighted by atomic mass is 10.1. The van der Waals surface area contributed by atoms with Gasteiger partial charge in [-0.1, -0.05) is 0 Å². The van der Waals surface area contributed by atoms with E-state index >= 15 is 0 Å². The summed E-state index contributed by atoms with van der Waals surface area (Å²) in [6.07, 6.45) is 0.384. The Balaban J connectivity index is 1.97. The zero-order chi connectivity index (χ0) is 21.8. The van der Waals surface area contributed by atoms with E-state index in [-0.39, 0.29) is 15.8 Å². The molecule has 1 atom stereocenters. The van der Waals surface area contributed by atoms with Crippen LogP contribution in [0.5, 0.6) is 5.75 Å². The van der Waals surface area contributed by atoms with Gasteiger partial charge in [0.15, 0.2) is 12.4 Å². The van der Waals surface area contributed by atoms with Crippen molar-refractivity contribution in [3.8, 4) is 5.75 Å². The number of halogens is 3. The van der Waals surface area contributed by atoms with E-state index in [4.69, 9.17) is 9.47 Å². The van der Waals surface area contributed by atoms with Crippen LogP contribution in [-0.2, 0) is 14.3 Å². The topological polar surface area (TPSA) is 82.1 Å². The number of esters is 1. The Hall–Kier alpha value is -2.23. The van der Waals surface area contributed by atoms with Gasteiger partial charge in [-0.05, 0) is 67.7 Å². The first-order chi connectivity index (χ1) is 13.5. The molecule has 0 bridgehead atoms. The Morgan fingerprint density at radius 3 is 2.59 bits per heavy atom. The van der Waals surface area contributed by atoms with Crippen molar-refractivity contribution in [3.63, 3.8) is 0 Å². The monoisotopic (exact) mass is 477 g/mol. The van der Waals surface area contributed by atoms with E-state index in [1.54, 1.807) is 20.8 Å². The summed E-state index contributed by atoms with van der Waals surface area (Å²) in [6, 6.07) is 3.07. The van der Waals surface area contributed by atoms with Crippen molar-refractivity contribution in [1.29, 1.82) is 0 Å². The van der Waals surface area contributed by atoms with Gasteiger partial charge < -0.3 is 14.2 Å². The number of rotatable bonds is 6. The predicted molar refractivity (Wildman–Crippen MR) is 102 cm³/mol. The maximum atomic E-state index is 12.4. The largest absolute Gasteiger partial charge is 0.456 e. The second kappa shape index (κ2) is 9.51. The molecular formula is C19H22BrF2NO6. The van der Waals surface area contributed by atoms with E-state index in [0.717, 1.165) is 6.07 Å². The van der Waals surface area contributed by atoms with Gasteiger partial charge in [-0.15, -0.1) is 0 Å². The van der Waals surface area contributed by atoms with Gasteiger partial charge in [0, 0.05) is 12.1 Å². The van der Waals surface area contributed by atoms with Gasteiger partial charge in [0.25, 0.3) is 0 Å². The maximum absolute atomic E-state index is 12.4. The number of hydrogen-bond acceptors (Lipinski definition) is 6. The molecule has 7 nitrogen and oxygen atoms in total. The number of hydrogen-bond donors (Lipinski definition) is 0. The first-order valence-electron chi connectivity index (χ1n) is 8.92. The van der Waals surface area contributed by atoms with E-state index in [0.29, 0.717) is 19.4 Å². The minimum atomic E-state index is -3.05. The van der Waals surface area contributed by atoms with Crippen molar-refractivity contribution in [1.82, 2.24) is 4.90 Å². The summed E-state index contributed by atoms with van der Waals surface area (Å²) in [4.78, 5) is 38.2. The molecule has 0 spiro atoms. The van der Waals surface area contributed by atoms with Crippen molar-refractivity contribution in [2.24, 2.45) is 0 Å². The Bertz CT molecular complexity index is 780. The summed E-state index contributed by atoms with van der Waals surface area (Å²) in [5.74, 6) is -1.52. The standard InChI is InChI=1S/C19H22BrF2NO6/c1-19(2,3)29-18(26)23-8-4-5-13(23)16(25)27-10-14(24)11-6-7-12(20)15(9-11)28-17(21)22/h6-7,9,13,17H,4-5,8,10H2,1-3H3/t13-/m0/s1. The third kappa shape index (κ3) is 6.66. The van der Waals surface area contributed by atoms with E-state index in [2.05, 4.69) is 20.7 Å². The molecule has 0 saturated carbocycles. The van der Waals surface area contributed by atoms with Crippen molar-refractivity contribution < 1.29 is 37.4 Å². The second-order valence-electron chi connectivity index (χ2n) is 7.39. The Labute approximate surface area is 175 Å². The summed E-state index contributed by atoms with van der Waals surface area (Å²) in [6.45, 7) is 1.87. The summed E-state index contributed by atoms with van der Waals surface area (Å²) in [5, 5.41) is 0. The maximum Gasteiger partial charge on any atom is 0.411 e. The highest BCUT2D eigenvalue weighted by atomic mass is 79.9. The zero-order valence-corrected chi connectivity index (χ0v) is 17.8. The van der Waals surface area contributed by atoms with Crippen LogP contribution in [-0.4, -0.2) is 54.2 Å². The molecule has 1 fully saturated rings. The van der Waals surface area contributed by atoms with E-state index < -0.39 is 42.7 Å². The molecule has 29 heavy (non-hydrogen) atoms. The number of carbonyl (C=O) groups is 3. The molecule has 1 amide bonds. The number of nitrogens with zero attached hydrogens (tertiary/aromatic N) is 1. The van der Waals surface area contributed by atoms with Crippen LogP contribution in [0, 0.1) is 0 Å². The average molecular weight is 478 g/mol. The summed E-state index contributed by atoms with van der Waals surface area (Å²) in [7, 11) is 0. The van der Waals surface area contributed by atoms with Gasteiger partial charge in [0.2, 0.25) is 0 Å². The summed E-state index contributed by atoms with van der Waals surface area (Å²) >= 11 is 3.05. The number of amides is 1. The van der Waals surface area contributed by atoms with E-state index in [9.17, 15) is 23.2 Å². The normalized spacial score (nSPS) is 16.7. The lowest BCUT2D eigenvalue weighted by molar-refractivity contribution is -0.147. The quantitative estimate of drug-likeness (QED) is 0.451. The molecule has 1 aromatic carbocycles. The number of Topliss-reactive ketones (excluding diaryl/α,β-unsaturated/α-hetero) is 1. The molecule has 0 aromatic heterocycles. The lowest BCUT2D eigenvalue weighted by Crippen LogP contribution is -2.44. The van der Waals surface area contributed by atoms with Crippen LogP contribution in [0.3, 0.4) is 0 Å². The highest BCUT2D eigenvalue weighted by Gasteiger charge is 2.37. The van der Waals surface area contributed by atoms with Gasteiger partial charge in [0.05, 0.1) is 4.47 Å². The zero-order valence-electron chi connectivity index (χ0n) is 16.2. The Kier molecular flexibility index (Phi) is 7.56. The average Bonchev–Trinajstić information content (AvgIpc) is 3.09. The van der Waals surface area contributed by atoms with Crippen LogP contribution in [0.25, 0.3) is 0 Å². The fourth-order valence-electron chi connectivity index (χ4n) is 2.73. The van der Waals surface area contributed by atoms with Gasteiger partial charge >= 0.3 is 18.7 Å². The molecule has 1 aliphatic rings. The Morgan fingerprint density at radius 1 is 1.28 bits per heavy atom. The molecule has 2 rings (SSSR count). The minimum Gasteiger partial charge on any atom is -0.456 e. The highest BCUT2D eigenvalue weighted by Crippen LogP contribution is 2.28. The molecular weight excluding hydrogens is 456 g/mol. The highest BCUT2D eigenvalue weighted by molar-refractivity contribution is 9.10. The number of likely N-dealkylation sites (tertiary alicyclic amines) is 1. The van der Waals surface area contributed by atoms with Gasteiger partial charge in [-0.3, -0.25) is 9.69 Å². The molecule has 0 unspecified atom stereocenters. The first-order valence-corrected chi connectivity index (χ1v) is 9.71. The van der Waals surface area contributed by atoms with Crippen molar-refractivity contribution in [2.45, 2.75) is 51.9 Å². The van der Waals surface area contributed by atoms with Crippen LogP contribution in [0.2, 0.25) is 0 Å². The molecule has 0 N–H and O–H groups in total. The third-order valence-electron chi connectivity index (χ3n) is 3.97. The number of ketones is 1. The van der Waals surface area contributed by atoms with E-state index in [1.165, 1.54) is 17.0 Å².